The van der Waals surface area contributed by atoms with Gasteiger partial charge in [-0.1, -0.05) is 130 Å². The van der Waals surface area contributed by atoms with E-state index in [0.29, 0.717) is 11.4 Å². The first-order valence-electron chi connectivity index (χ1n) is 18.8. The smallest absolute Gasteiger partial charge is 0.180 e. The van der Waals surface area contributed by atoms with Gasteiger partial charge in [-0.15, -0.1) is 0 Å². The maximum atomic E-state index is 6.47. The molecular weight excluding hydrogens is 633 g/mol. The van der Waals surface area contributed by atoms with Gasteiger partial charge in [-0.05, 0) is 105 Å². The molecule has 0 atom stereocenters. The monoisotopic (exact) mass is 670 g/mol. The maximum absolute atomic E-state index is 6.47. The van der Waals surface area contributed by atoms with Crippen LogP contribution in [-0.2, 0) is 10.8 Å². The molecule has 11 rings (SSSR count). The fraction of sp³-hybridized carbons (Fsp3) is 0.184. The second kappa shape index (κ2) is 10.9. The number of fused-ring (bicyclic) bond motifs is 11. The van der Waals surface area contributed by atoms with Crippen LogP contribution >= 0.6 is 0 Å². The highest BCUT2D eigenvalue weighted by Gasteiger charge is 2.46. The maximum Gasteiger partial charge on any atom is 0.180 e. The highest BCUT2D eigenvalue weighted by atomic mass is 16.3. The van der Waals surface area contributed by atoms with Gasteiger partial charge in [0.15, 0.2) is 11.4 Å². The molecule has 250 valence electrons. The minimum Gasteiger partial charge on any atom is -0.452 e. The minimum absolute atomic E-state index is 0.123. The molecule has 0 aliphatic heterocycles. The van der Waals surface area contributed by atoms with Crippen molar-refractivity contribution < 1.29 is 4.42 Å². The third-order valence-corrected chi connectivity index (χ3v) is 12.5. The number of para-hydroxylation sites is 1. The van der Waals surface area contributed by atoms with Crippen LogP contribution in [0.25, 0.3) is 78.1 Å². The predicted octanol–water partition coefficient (Wildman–Crippen LogP) is 12.9. The third-order valence-electron chi connectivity index (χ3n) is 12.5. The summed E-state index contributed by atoms with van der Waals surface area (Å²) in [4.78, 5) is 10.2. The van der Waals surface area contributed by atoms with E-state index >= 15 is 0 Å². The number of hydrogen-bond acceptors (Lipinski definition) is 3. The molecule has 0 radical (unpaired) electrons. The molecule has 3 heteroatoms. The van der Waals surface area contributed by atoms with E-state index in [2.05, 4.69) is 111 Å². The zero-order valence-electron chi connectivity index (χ0n) is 29.5. The summed E-state index contributed by atoms with van der Waals surface area (Å²) in [5.74, 6) is 0.696. The second-order valence-electron chi connectivity index (χ2n) is 15.6. The van der Waals surface area contributed by atoms with Crippen molar-refractivity contribution in [1.82, 2.24) is 9.97 Å². The summed E-state index contributed by atoms with van der Waals surface area (Å²) < 4.78 is 6.47. The van der Waals surface area contributed by atoms with Gasteiger partial charge in [-0.2, -0.15) is 0 Å². The molecule has 1 fully saturated rings. The summed E-state index contributed by atoms with van der Waals surface area (Å²) in [6, 6.07) is 48.6. The van der Waals surface area contributed by atoms with Gasteiger partial charge in [0.05, 0.1) is 0 Å². The molecule has 0 N–H and O–H groups in total. The lowest BCUT2D eigenvalue weighted by Gasteiger charge is -2.36. The van der Waals surface area contributed by atoms with Crippen molar-refractivity contribution in [3.8, 4) is 56.0 Å². The molecule has 2 aromatic heterocycles. The van der Waals surface area contributed by atoms with Gasteiger partial charge in [0.2, 0.25) is 0 Å². The van der Waals surface area contributed by atoms with E-state index in [4.69, 9.17) is 14.4 Å². The Morgan fingerprint density at radius 3 is 2.06 bits per heavy atom. The van der Waals surface area contributed by atoms with Crippen LogP contribution < -0.4 is 0 Å². The summed E-state index contributed by atoms with van der Waals surface area (Å²) in [6.07, 6.45) is 6.46. The lowest BCUT2D eigenvalue weighted by Crippen LogP contribution is -2.28. The van der Waals surface area contributed by atoms with Gasteiger partial charge < -0.3 is 4.42 Å². The van der Waals surface area contributed by atoms with Crippen LogP contribution in [0.2, 0.25) is 0 Å². The Morgan fingerprint density at radius 1 is 0.500 bits per heavy atom. The zero-order valence-corrected chi connectivity index (χ0v) is 29.5. The van der Waals surface area contributed by atoms with Crippen LogP contribution in [0.3, 0.4) is 0 Å². The Bertz CT molecular complexity index is 2750. The molecule has 1 spiro atoms. The fourth-order valence-corrected chi connectivity index (χ4v) is 9.90. The van der Waals surface area contributed by atoms with Gasteiger partial charge in [0.25, 0.3) is 0 Å². The Morgan fingerprint density at radius 2 is 1.17 bits per heavy atom. The first-order chi connectivity index (χ1) is 25.5. The van der Waals surface area contributed by atoms with E-state index in [0.717, 1.165) is 38.9 Å². The van der Waals surface area contributed by atoms with E-state index in [1.54, 1.807) is 11.1 Å². The normalized spacial score (nSPS) is 16.2. The first kappa shape index (κ1) is 29.9. The Balaban J connectivity index is 1.04. The average Bonchev–Trinajstić information content (AvgIpc) is 3.78. The van der Waals surface area contributed by atoms with Crippen LogP contribution in [0.4, 0.5) is 0 Å². The minimum atomic E-state index is -0.123. The van der Waals surface area contributed by atoms with Crippen LogP contribution in [0, 0.1) is 0 Å². The van der Waals surface area contributed by atoms with Crippen LogP contribution in [0.15, 0.2) is 138 Å². The van der Waals surface area contributed by atoms with Crippen molar-refractivity contribution in [3.63, 3.8) is 0 Å². The number of rotatable bonds is 3. The molecule has 52 heavy (non-hydrogen) atoms. The second-order valence-corrected chi connectivity index (χ2v) is 15.6. The van der Waals surface area contributed by atoms with Gasteiger partial charge >= 0.3 is 0 Å². The summed E-state index contributed by atoms with van der Waals surface area (Å²) in [7, 11) is 0. The highest BCUT2D eigenvalue weighted by Crippen LogP contribution is 2.60. The number of hydrogen-bond donors (Lipinski definition) is 0. The summed E-state index contributed by atoms with van der Waals surface area (Å²) >= 11 is 0. The predicted molar refractivity (Wildman–Crippen MR) is 212 cm³/mol. The Kier molecular flexibility index (Phi) is 6.24. The lowest BCUT2D eigenvalue weighted by molar-refractivity contribution is 0.353. The van der Waals surface area contributed by atoms with Crippen molar-refractivity contribution in [2.75, 3.05) is 0 Å². The fourth-order valence-electron chi connectivity index (χ4n) is 9.90. The Hall–Kier alpha value is -5.80. The molecule has 3 aliphatic rings. The van der Waals surface area contributed by atoms with E-state index < -0.39 is 0 Å². The van der Waals surface area contributed by atoms with Crippen LogP contribution in [0.5, 0.6) is 0 Å². The van der Waals surface area contributed by atoms with Crippen molar-refractivity contribution in [1.29, 1.82) is 0 Å². The van der Waals surface area contributed by atoms with Crippen LogP contribution in [0.1, 0.15) is 68.2 Å². The molecule has 0 unspecified atom stereocenters. The molecule has 2 heterocycles. The Labute approximate surface area is 304 Å². The summed E-state index contributed by atoms with van der Waals surface area (Å²) in [5.41, 5.74) is 19.2. The highest BCUT2D eigenvalue weighted by molar-refractivity contribution is 6.07. The molecule has 0 bridgehead atoms. The molecule has 8 aromatic rings. The average molecular weight is 671 g/mol. The van der Waals surface area contributed by atoms with Crippen molar-refractivity contribution in [2.24, 2.45) is 0 Å². The third kappa shape index (κ3) is 4.14. The molecule has 0 saturated heterocycles. The molecule has 3 nitrogen and oxygen atoms in total. The molecule has 3 aliphatic carbocycles. The quantitative estimate of drug-likeness (QED) is 0.188. The summed E-state index contributed by atoms with van der Waals surface area (Å²) in [6.45, 7) is 4.82. The van der Waals surface area contributed by atoms with Gasteiger partial charge in [0.1, 0.15) is 16.8 Å². The van der Waals surface area contributed by atoms with E-state index in [9.17, 15) is 0 Å². The number of benzene rings is 6. The van der Waals surface area contributed by atoms with E-state index in [1.165, 1.54) is 71.0 Å². The van der Waals surface area contributed by atoms with Gasteiger partial charge in [-0.25, -0.2) is 9.97 Å². The number of aromatic nitrogens is 2. The molecule has 6 aromatic carbocycles. The standard InChI is InChI=1S/C49H38N2O/c1-48(2)40-27-32(22-23-35(40)37-29-42-38(28-41(37)48)34-18-7-9-20-39(34)49(42)24-11-4-12-25-49)31-16-13-17-33(26-31)44-46-45(36-19-8-10-21-43(36)52-46)51-47(50-44)30-14-5-3-6-15-30/h3,5-10,13-23,26-29H,4,11-12,24-25H2,1-2H3. The van der Waals surface area contributed by atoms with Gasteiger partial charge in [0, 0.05) is 27.3 Å². The van der Waals surface area contributed by atoms with Crippen molar-refractivity contribution in [3.05, 3.63) is 156 Å². The molecule has 1 saturated carbocycles. The van der Waals surface area contributed by atoms with Gasteiger partial charge in [-0.3, -0.25) is 0 Å². The first-order valence-corrected chi connectivity index (χ1v) is 18.8. The SMILES string of the molecule is CC1(C)c2cc(-c3cccc(-c4nc(-c5ccccc5)nc5c4oc4ccccc45)c3)ccc2-c2cc3c(cc21)-c1ccccc1C31CCCCC1. The van der Waals surface area contributed by atoms with Crippen LogP contribution in [-0.4, -0.2) is 9.97 Å². The molecular formula is C49H38N2O. The van der Waals surface area contributed by atoms with Crippen molar-refractivity contribution >= 4 is 22.1 Å². The number of nitrogens with zero attached hydrogens (tertiary/aromatic N) is 2. The zero-order chi connectivity index (χ0) is 34.6. The van der Waals surface area contributed by atoms with Crippen molar-refractivity contribution in [2.45, 2.75) is 56.8 Å². The summed E-state index contributed by atoms with van der Waals surface area (Å²) in [5, 5.41) is 0.999. The lowest BCUT2D eigenvalue weighted by atomic mass is 9.67. The number of furan rings is 1. The van der Waals surface area contributed by atoms with E-state index in [-0.39, 0.29) is 10.8 Å². The molecule has 0 amide bonds. The van der Waals surface area contributed by atoms with E-state index in [1.807, 2.05) is 36.4 Å². The topological polar surface area (TPSA) is 38.9 Å². The largest absolute Gasteiger partial charge is 0.452 e.